The van der Waals surface area contributed by atoms with Gasteiger partial charge in [-0.25, -0.2) is 0 Å². The lowest BCUT2D eigenvalue weighted by Crippen LogP contribution is -2.17. The van der Waals surface area contributed by atoms with E-state index in [1.807, 2.05) is 19.9 Å². The van der Waals surface area contributed by atoms with Gasteiger partial charge in [0.2, 0.25) is 0 Å². The number of aliphatic hydroxyl groups excluding tert-OH is 1. The largest absolute Gasteiger partial charge is 0.478 e. The standard InChI is InChI=1S/C17H25NO2/c1-4-14(12-13(3)18)6-9-16(5-2)20-17-10-7-15(19)8-11-17/h2,4,7,10-11,13,15-16,19H,6,8-9,12,18H2,1,3H3/b14-4+/t13-,15+,16?/m1/s1. The first-order chi connectivity index (χ1) is 9.55. The SMILES string of the molecule is C#CC(CC/C(=C\C)C[C@@H](C)N)OC1=CC[C@@H](O)C=C1. The van der Waals surface area contributed by atoms with Crippen molar-refractivity contribution in [2.75, 3.05) is 0 Å². The van der Waals surface area contributed by atoms with Crippen molar-refractivity contribution < 1.29 is 9.84 Å². The summed E-state index contributed by atoms with van der Waals surface area (Å²) in [6.07, 6.45) is 15.5. The normalized spacial score (nSPS) is 21.9. The molecule has 3 N–H and O–H groups in total. The highest BCUT2D eigenvalue weighted by Gasteiger charge is 2.12. The van der Waals surface area contributed by atoms with Crippen molar-refractivity contribution in [3.05, 3.63) is 35.6 Å². The molecule has 3 nitrogen and oxygen atoms in total. The van der Waals surface area contributed by atoms with Crippen LogP contribution in [0.4, 0.5) is 0 Å². The first kappa shape index (κ1) is 16.6. The zero-order valence-corrected chi connectivity index (χ0v) is 12.4. The second-order valence-electron chi connectivity index (χ2n) is 5.21. The molecule has 0 amide bonds. The van der Waals surface area contributed by atoms with Crippen LogP contribution in [0.25, 0.3) is 0 Å². The molecule has 0 aromatic heterocycles. The highest BCUT2D eigenvalue weighted by atomic mass is 16.5. The molecule has 110 valence electrons. The molecule has 20 heavy (non-hydrogen) atoms. The van der Waals surface area contributed by atoms with Gasteiger partial charge in [0.25, 0.3) is 0 Å². The molecular weight excluding hydrogens is 250 g/mol. The van der Waals surface area contributed by atoms with E-state index in [-0.39, 0.29) is 12.1 Å². The minimum atomic E-state index is -0.410. The van der Waals surface area contributed by atoms with Crippen LogP contribution in [-0.2, 0) is 4.74 Å². The molecule has 0 saturated carbocycles. The number of rotatable bonds is 7. The summed E-state index contributed by atoms with van der Waals surface area (Å²) < 4.78 is 5.76. The summed E-state index contributed by atoms with van der Waals surface area (Å²) in [6, 6.07) is 0.164. The highest BCUT2D eigenvalue weighted by Crippen LogP contribution is 2.18. The Balaban J connectivity index is 2.44. The molecule has 1 unspecified atom stereocenters. The van der Waals surface area contributed by atoms with Crippen LogP contribution in [0, 0.1) is 12.3 Å². The molecule has 0 bridgehead atoms. The molecule has 3 heteroatoms. The Bertz CT molecular complexity index is 427. The minimum absolute atomic E-state index is 0.164. The van der Waals surface area contributed by atoms with Crippen LogP contribution in [0.3, 0.4) is 0 Å². The van der Waals surface area contributed by atoms with Gasteiger partial charge in [0.05, 0.1) is 6.10 Å². The highest BCUT2D eigenvalue weighted by molar-refractivity contribution is 5.20. The average molecular weight is 275 g/mol. The van der Waals surface area contributed by atoms with Crippen molar-refractivity contribution in [3.63, 3.8) is 0 Å². The Morgan fingerprint density at radius 3 is 2.95 bits per heavy atom. The molecular formula is C17H25NO2. The van der Waals surface area contributed by atoms with E-state index >= 15 is 0 Å². The smallest absolute Gasteiger partial charge is 0.159 e. The average Bonchev–Trinajstić information content (AvgIpc) is 2.43. The maximum atomic E-state index is 9.36. The third-order valence-electron chi connectivity index (χ3n) is 3.23. The van der Waals surface area contributed by atoms with Crippen LogP contribution in [0.1, 0.15) is 39.5 Å². The van der Waals surface area contributed by atoms with Crippen molar-refractivity contribution in [2.24, 2.45) is 5.73 Å². The molecule has 0 saturated heterocycles. The van der Waals surface area contributed by atoms with Crippen molar-refractivity contribution in [1.82, 2.24) is 0 Å². The zero-order valence-electron chi connectivity index (χ0n) is 12.4. The lowest BCUT2D eigenvalue weighted by molar-refractivity contribution is 0.156. The maximum Gasteiger partial charge on any atom is 0.159 e. The number of hydrogen-bond donors (Lipinski definition) is 2. The van der Waals surface area contributed by atoms with Crippen LogP contribution in [-0.4, -0.2) is 23.4 Å². The fourth-order valence-electron chi connectivity index (χ4n) is 2.11. The number of nitrogens with two attached hydrogens (primary N) is 1. The van der Waals surface area contributed by atoms with Crippen molar-refractivity contribution in [1.29, 1.82) is 0 Å². The molecule has 0 spiro atoms. The fraction of sp³-hybridized carbons (Fsp3) is 0.529. The lowest BCUT2D eigenvalue weighted by atomic mass is 10.0. The quantitative estimate of drug-likeness (QED) is 0.555. The van der Waals surface area contributed by atoms with E-state index in [0.29, 0.717) is 6.42 Å². The number of terminal acetylenes is 1. The van der Waals surface area contributed by atoms with Gasteiger partial charge in [-0.05, 0) is 51.7 Å². The van der Waals surface area contributed by atoms with Crippen LogP contribution in [0.2, 0.25) is 0 Å². The Labute approximate surface area is 122 Å². The number of aliphatic hydroxyl groups is 1. The fourth-order valence-corrected chi connectivity index (χ4v) is 2.11. The Morgan fingerprint density at radius 1 is 1.70 bits per heavy atom. The molecule has 1 rings (SSSR count). The predicted molar refractivity (Wildman–Crippen MR) is 82.8 cm³/mol. The summed E-state index contributed by atoms with van der Waals surface area (Å²) >= 11 is 0. The molecule has 1 aliphatic carbocycles. The number of allylic oxidation sites excluding steroid dienone is 2. The minimum Gasteiger partial charge on any atom is -0.478 e. The summed E-state index contributed by atoms with van der Waals surface area (Å²) in [7, 11) is 0. The van der Waals surface area contributed by atoms with Gasteiger partial charge in [-0.3, -0.25) is 0 Å². The summed E-state index contributed by atoms with van der Waals surface area (Å²) in [5.41, 5.74) is 7.13. The van der Waals surface area contributed by atoms with Gasteiger partial charge in [-0.1, -0.05) is 23.6 Å². The lowest BCUT2D eigenvalue weighted by Gasteiger charge is -2.18. The van der Waals surface area contributed by atoms with E-state index in [4.69, 9.17) is 16.9 Å². The van der Waals surface area contributed by atoms with Gasteiger partial charge >= 0.3 is 0 Å². The van der Waals surface area contributed by atoms with E-state index in [1.165, 1.54) is 5.57 Å². The molecule has 0 aromatic rings. The van der Waals surface area contributed by atoms with Crippen molar-refractivity contribution in [3.8, 4) is 12.3 Å². The van der Waals surface area contributed by atoms with Gasteiger partial charge in [0.15, 0.2) is 6.10 Å². The predicted octanol–water partition coefficient (Wildman–Crippen LogP) is 2.67. The van der Waals surface area contributed by atoms with E-state index in [2.05, 4.69) is 12.0 Å². The molecule has 0 heterocycles. The van der Waals surface area contributed by atoms with Crippen LogP contribution >= 0.6 is 0 Å². The first-order valence-corrected chi connectivity index (χ1v) is 7.14. The van der Waals surface area contributed by atoms with E-state index in [0.717, 1.165) is 25.0 Å². The monoisotopic (exact) mass is 275 g/mol. The van der Waals surface area contributed by atoms with E-state index in [1.54, 1.807) is 12.2 Å². The number of ether oxygens (including phenoxy) is 1. The van der Waals surface area contributed by atoms with E-state index < -0.39 is 6.10 Å². The summed E-state index contributed by atoms with van der Waals surface area (Å²) in [5, 5.41) is 9.36. The third-order valence-corrected chi connectivity index (χ3v) is 3.23. The van der Waals surface area contributed by atoms with Gasteiger partial charge in [0.1, 0.15) is 5.76 Å². The Morgan fingerprint density at radius 2 is 2.45 bits per heavy atom. The summed E-state index contributed by atoms with van der Waals surface area (Å²) in [5.74, 6) is 3.42. The first-order valence-electron chi connectivity index (χ1n) is 7.14. The zero-order chi connectivity index (χ0) is 15.0. The second-order valence-corrected chi connectivity index (χ2v) is 5.21. The van der Waals surface area contributed by atoms with Gasteiger partial charge in [-0.15, -0.1) is 6.42 Å². The Kier molecular flexibility index (Phi) is 7.14. The second kappa shape index (κ2) is 8.63. The Hall–Kier alpha value is -1.50. The third kappa shape index (κ3) is 6.10. The summed E-state index contributed by atoms with van der Waals surface area (Å²) in [6.45, 7) is 4.03. The molecule has 0 aliphatic heterocycles. The van der Waals surface area contributed by atoms with Crippen LogP contribution in [0.5, 0.6) is 0 Å². The maximum absolute atomic E-state index is 9.36. The molecule has 0 fully saturated rings. The molecule has 3 atom stereocenters. The topological polar surface area (TPSA) is 55.5 Å². The molecule has 0 radical (unpaired) electrons. The number of hydrogen-bond acceptors (Lipinski definition) is 3. The molecule has 1 aliphatic rings. The van der Waals surface area contributed by atoms with Crippen LogP contribution < -0.4 is 5.73 Å². The van der Waals surface area contributed by atoms with Gasteiger partial charge < -0.3 is 15.6 Å². The molecule has 0 aromatic carbocycles. The van der Waals surface area contributed by atoms with Gasteiger partial charge in [0, 0.05) is 6.04 Å². The summed E-state index contributed by atoms with van der Waals surface area (Å²) in [4.78, 5) is 0. The van der Waals surface area contributed by atoms with E-state index in [9.17, 15) is 5.11 Å². The van der Waals surface area contributed by atoms with Crippen molar-refractivity contribution in [2.45, 2.75) is 57.8 Å². The van der Waals surface area contributed by atoms with Crippen LogP contribution in [0.15, 0.2) is 35.6 Å². The van der Waals surface area contributed by atoms with Gasteiger partial charge in [-0.2, -0.15) is 0 Å². The van der Waals surface area contributed by atoms with Crippen molar-refractivity contribution >= 4 is 0 Å².